The van der Waals surface area contributed by atoms with E-state index in [2.05, 4.69) is 28.9 Å². The third-order valence-electron chi connectivity index (χ3n) is 3.55. The lowest BCUT2D eigenvalue weighted by atomic mass is 10.1. The number of nitrogen functional groups attached to an aromatic ring is 1. The molecule has 0 aliphatic carbocycles. The molecule has 0 aliphatic heterocycles. The standard InChI is InChI=1S/C17H20N4O/c1-12-3-8-15-20-16(13-4-6-14(18)7-5-13)17(21(15)11-12)19-9-10-22-2/h3-8,11,19H,9-10,18H2,1-2H3. The van der Waals surface area contributed by atoms with E-state index in [1.54, 1.807) is 7.11 Å². The van der Waals surface area contributed by atoms with E-state index in [0.717, 1.165) is 35.0 Å². The lowest BCUT2D eigenvalue weighted by Crippen LogP contribution is -2.10. The topological polar surface area (TPSA) is 64.6 Å². The summed E-state index contributed by atoms with van der Waals surface area (Å²) in [7, 11) is 1.70. The molecule has 0 saturated heterocycles. The number of anilines is 2. The first-order valence-corrected chi connectivity index (χ1v) is 7.26. The fourth-order valence-corrected chi connectivity index (χ4v) is 2.43. The average Bonchev–Trinajstić information content (AvgIpc) is 2.86. The second-order valence-corrected chi connectivity index (χ2v) is 5.29. The van der Waals surface area contributed by atoms with Crippen LogP contribution in [0.15, 0.2) is 42.6 Å². The molecule has 22 heavy (non-hydrogen) atoms. The van der Waals surface area contributed by atoms with Crippen molar-refractivity contribution in [3.8, 4) is 11.3 Å². The van der Waals surface area contributed by atoms with Crippen LogP contribution < -0.4 is 11.1 Å². The van der Waals surface area contributed by atoms with Crippen molar-refractivity contribution in [2.75, 3.05) is 31.3 Å². The molecule has 5 heteroatoms. The number of nitrogens with two attached hydrogens (primary N) is 1. The van der Waals surface area contributed by atoms with Crippen molar-refractivity contribution in [2.45, 2.75) is 6.92 Å². The first kappa shape index (κ1) is 14.4. The van der Waals surface area contributed by atoms with Gasteiger partial charge in [0, 0.05) is 31.1 Å². The van der Waals surface area contributed by atoms with Gasteiger partial charge in [-0.1, -0.05) is 18.2 Å². The van der Waals surface area contributed by atoms with E-state index in [4.69, 9.17) is 15.5 Å². The van der Waals surface area contributed by atoms with Crippen molar-refractivity contribution in [3.05, 3.63) is 48.2 Å². The van der Waals surface area contributed by atoms with Crippen LogP contribution in [0.25, 0.3) is 16.9 Å². The molecular weight excluding hydrogens is 276 g/mol. The number of imidazole rings is 1. The van der Waals surface area contributed by atoms with Crippen LogP contribution in [0.5, 0.6) is 0 Å². The van der Waals surface area contributed by atoms with Crippen LogP contribution in [0.1, 0.15) is 5.56 Å². The molecule has 0 fully saturated rings. The Morgan fingerprint density at radius 2 is 1.95 bits per heavy atom. The first-order chi connectivity index (χ1) is 10.7. The van der Waals surface area contributed by atoms with Gasteiger partial charge in [0.25, 0.3) is 0 Å². The smallest absolute Gasteiger partial charge is 0.139 e. The minimum Gasteiger partial charge on any atom is -0.399 e. The summed E-state index contributed by atoms with van der Waals surface area (Å²) in [6.45, 7) is 3.43. The predicted octanol–water partition coefficient (Wildman–Crippen LogP) is 2.95. The van der Waals surface area contributed by atoms with Gasteiger partial charge >= 0.3 is 0 Å². The second-order valence-electron chi connectivity index (χ2n) is 5.29. The van der Waals surface area contributed by atoms with Crippen LogP contribution in [-0.2, 0) is 4.74 Å². The largest absolute Gasteiger partial charge is 0.399 e. The van der Waals surface area contributed by atoms with E-state index in [0.29, 0.717) is 6.61 Å². The van der Waals surface area contributed by atoms with E-state index in [9.17, 15) is 0 Å². The zero-order chi connectivity index (χ0) is 15.5. The highest BCUT2D eigenvalue weighted by atomic mass is 16.5. The van der Waals surface area contributed by atoms with Crippen LogP contribution in [0.2, 0.25) is 0 Å². The Morgan fingerprint density at radius 1 is 1.18 bits per heavy atom. The van der Waals surface area contributed by atoms with Gasteiger partial charge in [-0.05, 0) is 30.7 Å². The molecule has 0 aliphatic rings. The monoisotopic (exact) mass is 296 g/mol. The number of nitrogens with zero attached hydrogens (tertiary/aromatic N) is 2. The first-order valence-electron chi connectivity index (χ1n) is 7.26. The molecule has 2 aromatic heterocycles. The maximum absolute atomic E-state index is 5.78. The Balaban J connectivity index is 2.10. The van der Waals surface area contributed by atoms with Gasteiger partial charge in [-0.15, -0.1) is 0 Å². The van der Waals surface area contributed by atoms with Gasteiger partial charge in [0.1, 0.15) is 17.2 Å². The summed E-state index contributed by atoms with van der Waals surface area (Å²) in [5, 5.41) is 3.42. The molecule has 3 aromatic rings. The SMILES string of the molecule is COCCNc1c(-c2ccc(N)cc2)nc2ccc(C)cn12. The molecule has 0 bridgehead atoms. The highest BCUT2D eigenvalue weighted by molar-refractivity contribution is 5.77. The Morgan fingerprint density at radius 3 is 2.68 bits per heavy atom. The molecule has 3 N–H and O–H groups in total. The molecule has 114 valence electrons. The highest BCUT2D eigenvalue weighted by Crippen LogP contribution is 2.29. The molecule has 0 unspecified atom stereocenters. The fraction of sp³-hybridized carbons (Fsp3) is 0.235. The van der Waals surface area contributed by atoms with Crippen molar-refractivity contribution in [1.82, 2.24) is 9.38 Å². The Labute approximate surface area is 129 Å². The summed E-state index contributed by atoms with van der Waals surface area (Å²) in [5.74, 6) is 0.973. The summed E-state index contributed by atoms with van der Waals surface area (Å²) in [6.07, 6.45) is 2.08. The van der Waals surface area contributed by atoms with E-state index in [1.807, 2.05) is 30.3 Å². The van der Waals surface area contributed by atoms with Crippen molar-refractivity contribution < 1.29 is 4.74 Å². The predicted molar refractivity (Wildman–Crippen MR) is 90.1 cm³/mol. The molecule has 2 heterocycles. The Bertz CT molecular complexity index is 777. The summed E-state index contributed by atoms with van der Waals surface area (Å²) >= 11 is 0. The minimum absolute atomic E-state index is 0.639. The quantitative estimate of drug-likeness (QED) is 0.561. The number of fused-ring (bicyclic) bond motifs is 1. The molecular formula is C17H20N4O. The van der Waals surface area contributed by atoms with Crippen LogP contribution >= 0.6 is 0 Å². The molecule has 0 amide bonds. The van der Waals surface area contributed by atoms with E-state index >= 15 is 0 Å². The maximum Gasteiger partial charge on any atom is 0.139 e. The molecule has 5 nitrogen and oxygen atoms in total. The van der Waals surface area contributed by atoms with Crippen LogP contribution in [0, 0.1) is 6.92 Å². The number of aryl methyl sites for hydroxylation is 1. The minimum atomic E-state index is 0.639. The average molecular weight is 296 g/mol. The van der Waals surface area contributed by atoms with Crippen LogP contribution in [0.4, 0.5) is 11.5 Å². The molecule has 0 saturated carbocycles. The summed E-state index contributed by atoms with van der Waals surface area (Å²) in [5.41, 5.74) is 10.6. The lowest BCUT2D eigenvalue weighted by molar-refractivity contribution is 0.210. The second kappa shape index (κ2) is 6.07. The molecule has 0 atom stereocenters. The van der Waals surface area contributed by atoms with E-state index in [1.165, 1.54) is 5.56 Å². The van der Waals surface area contributed by atoms with E-state index in [-0.39, 0.29) is 0 Å². The maximum atomic E-state index is 5.78. The fourth-order valence-electron chi connectivity index (χ4n) is 2.43. The molecule has 1 aromatic carbocycles. The van der Waals surface area contributed by atoms with Gasteiger partial charge in [-0.3, -0.25) is 4.40 Å². The molecule has 0 radical (unpaired) electrons. The zero-order valence-electron chi connectivity index (χ0n) is 12.8. The van der Waals surface area contributed by atoms with Gasteiger partial charge in [0.2, 0.25) is 0 Å². The van der Waals surface area contributed by atoms with Crippen molar-refractivity contribution in [3.63, 3.8) is 0 Å². The number of nitrogens with one attached hydrogen (secondary N) is 1. The zero-order valence-corrected chi connectivity index (χ0v) is 12.8. The highest BCUT2D eigenvalue weighted by Gasteiger charge is 2.13. The summed E-state index contributed by atoms with van der Waals surface area (Å²) < 4.78 is 7.21. The number of aromatic nitrogens is 2. The summed E-state index contributed by atoms with van der Waals surface area (Å²) in [4.78, 5) is 4.75. The molecule has 3 rings (SSSR count). The van der Waals surface area contributed by atoms with Gasteiger partial charge in [-0.2, -0.15) is 0 Å². The number of hydrogen-bond acceptors (Lipinski definition) is 4. The third-order valence-corrected chi connectivity index (χ3v) is 3.55. The normalized spacial score (nSPS) is 11.0. The van der Waals surface area contributed by atoms with Crippen molar-refractivity contribution in [2.24, 2.45) is 0 Å². The number of hydrogen-bond donors (Lipinski definition) is 2. The number of rotatable bonds is 5. The number of pyridine rings is 1. The number of methoxy groups -OCH3 is 1. The number of ether oxygens (including phenoxy) is 1. The Hall–Kier alpha value is -2.53. The Kier molecular flexibility index (Phi) is 3.98. The van der Waals surface area contributed by atoms with Crippen LogP contribution in [0.3, 0.4) is 0 Å². The van der Waals surface area contributed by atoms with Crippen molar-refractivity contribution in [1.29, 1.82) is 0 Å². The third kappa shape index (κ3) is 2.76. The lowest BCUT2D eigenvalue weighted by Gasteiger charge is -2.09. The van der Waals surface area contributed by atoms with Crippen molar-refractivity contribution >= 4 is 17.2 Å². The number of benzene rings is 1. The summed E-state index contributed by atoms with van der Waals surface area (Å²) in [6, 6.07) is 11.9. The van der Waals surface area contributed by atoms with Gasteiger partial charge in [0.15, 0.2) is 0 Å². The van der Waals surface area contributed by atoms with Gasteiger partial charge < -0.3 is 15.8 Å². The van der Waals surface area contributed by atoms with E-state index < -0.39 is 0 Å². The van der Waals surface area contributed by atoms with Crippen LogP contribution in [-0.4, -0.2) is 29.6 Å². The van der Waals surface area contributed by atoms with Gasteiger partial charge in [-0.25, -0.2) is 4.98 Å². The molecule has 0 spiro atoms. The van der Waals surface area contributed by atoms with Gasteiger partial charge in [0.05, 0.1) is 6.61 Å².